The van der Waals surface area contributed by atoms with Gasteiger partial charge in [-0.1, -0.05) is 23.2 Å². The fourth-order valence-electron chi connectivity index (χ4n) is 3.12. The van der Waals surface area contributed by atoms with Gasteiger partial charge in [-0.15, -0.1) is 0 Å². The Labute approximate surface area is 161 Å². The molecule has 7 heteroatoms. The van der Waals surface area contributed by atoms with Gasteiger partial charge in [0.15, 0.2) is 0 Å². The summed E-state index contributed by atoms with van der Waals surface area (Å²) >= 11 is 5.74. The summed E-state index contributed by atoms with van der Waals surface area (Å²) in [6, 6.07) is 9.57. The third-order valence-electron chi connectivity index (χ3n) is 4.23. The molecule has 0 bridgehead atoms. The Hall–Kier alpha value is -2.60. The summed E-state index contributed by atoms with van der Waals surface area (Å²) in [6.45, 7) is 7.48. The van der Waals surface area contributed by atoms with Gasteiger partial charge >= 0.3 is 0 Å². The van der Waals surface area contributed by atoms with Crippen LogP contribution in [0.1, 0.15) is 26.3 Å². The van der Waals surface area contributed by atoms with E-state index in [1.807, 2.05) is 45.9 Å². The molecule has 27 heavy (non-hydrogen) atoms. The maximum absolute atomic E-state index is 14.0. The van der Waals surface area contributed by atoms with Crippen LogP contribution >= 0.6 is 11.6 Å². The van der Waals surface area contributed by atoms with Crippen molar-refractivity contribution in [3.8, 4) is 0 Å². The van der Waals surface area contributed by atoms with Gasteiger partial charge in [0, 0.05) is 5.02 Å². The Balaban J connectivity index is 2.03. The Kier molecular flexibility index (Phi) is 4.86. The lowest BCUT2D eigenvalue weighted by Gasteiger charge is -2.24. The minimum atomic E-state index is -0.614. The summed E-state index contributed by atoms with van der Waals surface area (Å²) < 4.78 is 17.2. The summed E-state index contributed by atoms with van der Waals surface area (Å²) in [7, 11) is 0. The molecule has 0 saturated carbocycles. The van der Waals surface area contributed by atoms with Gasteiger partial charge in [0.05, 0.1) is 22.1 Å². The molecule has 3 rings (SSSR count). The highest BCUT2D eigenvalue weighted by Gasteiger charge is 2.24. The van der Waals surface area contributed by atoms with E-state index in [4.69, 9.17) is 11.6 Å². The van der Waals surface area contributed by atoms with Crippen LogP contribution in [0.3, 0.4) is 0 Å². The molecule has 1 aromatic heterocycles. The third kappa shape index (κ3) is 3.76. The molecule has 0 fully saturated rings. The van der Waals surface area contributed by atoms with Crippen LogP contribution in [0.4, 0.5) is 10.1 Å². The van der Waals surface area contributed by atoms with Gasteiger partial charge in [0.1, 0.15) is 12.4 Å². The second-order valence-corrected chi connectivity index (χ2v) is 7.97. The fourth-order valence-corrected chi connectivity index (χ4v) is 3.28. The maximum Gasteiger partial charge on any atom is 0.275 e. The molecule has 1 heterocycles. The Morgan fingerprint density at radius 2 is 1.89 bits per heavy atom. The van der Waals surface area contributed by atoms with Crippen molar-refractivity contribution < 1.29 is 9.18 Å². The molecule has 0 aliphatic rings. The van der Waals surface area contributed by atoms with Crippen LogP contribution in [0.2, 0.25) is 5.02 Å². The second-order valence-electron chi connectivity index (χ2n) is 7.54. The zero-order valence-electron chi connectivity index (χ0n) is 15.6. The van der Waals surface area contributed by atoms with Crippen LogP contribution in [0.15, 0.2) is 41.2 Å². The van der Waals surface area contributed by atoms with E-state index in [2.05, 4.69) is 5.32 Å². The number of fused-ring (bicyclic) bond motifs is 1. The number of carbonyl (C=O) groups is 1. The van der Waals surface area contributed by atoms with Gasteiger partial charge in [0.25, 0.3) is 5.56 Å². The number of aromatic nitrogens is 2. The normalized spacial score (nSPS) is 11.8. The number of amides is 1. The van der Waals surface area contributed by atoms with Gasteiger partial charge in [0.2, 0.25) is 5.91 Å². The predicted octanol–water partition coefficient (Wildman–Crippen LogP) is 4.30. The van der Waals surface area contributed by atoms with Crippen LogP contribution in [0.25, 0.3) is 10.9 Å². The van der Waals surface area contributed by atoms with E-state index in [1.54, 1.807) is 9.36 Å². The highest BCUT2D eigenvalue weighted by molar-refractivity contribution is 6.30. The van der Waals surface area contributed by atoms with E-state index >= 15 is 0 Å². The van der Waals surface area contributed by atoms with Gasteiger partial charge in [-0.05, 0) is 58.0 Å². The minimum absolute atomic E-state index is 0.0429. The number of hydrogen-bond acceptors (Lipinski definition) is 2. The average molecular weight is 390 g/mol. The highest BCUT2D eigenvalue weighted by atomic mass is 35.5. The molecule has 5 nitrogen and oxygen atoms in total. The first-order chi connectivity index (χ1) is 12.6. The highest BCUT2D eigenvalue weighted by Crippen LogP contribution is 2.21. The van der Waals surface area contributed by atoms with Gasteiger partial charge in [-0.25, -0.2) is 9.07 Å². The number of benzene rings is 2. The van der Waals surface area contributed by atoms with Gasteiger partial charge in [-0.3, -0.25) is 14.3 Å². The van der Waals surface area contributed by atoms with E-state index in [0.29, 0.717) is 10.9 Å². The molecule has 2 aromatic carbocycles. The first-order valence-electron chi connectivity index (χ1n) is 8.55. The number of carbonyl (C=O) groups excluding carboxylic acids is 1. The molecule has 0 radical (unpaired) electrons. The van der Waals surface area contributed by atoms with E-state index in [9.17, 15) is 14.0 Å². The molecular formula is C20H21ClFN3O2. The summed E-state index contributed by atoms with van der Waals surface area (Å²) in [6.07, 6.45) is 0. The zero-order valence-corrected chi connectivity index (χ0v) is 16.4. The molecule has 0 spiro atoms. The number of nitrogens with one attached hydrogen (secondary N) is 1. The van der Waals surface area contributed by atoms with Crippen LogP contribution in [0.5, 0.6) is 0 Å². The SMILES string of the molecule is Cc1ccc2c(c1)c(=O)n(C(C)(C)C)n2CC(=O)Nc1ccc(Cl)cc1F. The Bertz CT molecular complexity index is 1090. The lowest BCUT2D eigenvalue weighted by molar-refractivity contribution is -0.117. The first-order valence-corrected chi connectivity index (χ1v) is 8.93. The van der Waals surface area contributed by atoms with Crippen molar-refractivity contribution in [1.29, 1.82) is 0 Å². The summed E-state index contributed by atoms with van der Waals surface area (Å²) in [5.74, 6) is -1.05. The van der Waals surface area contributed by atoms with Gasteiger partial charge in [-0.2, -0.15) is 0 Å². The van der Waals surface area contributed by atoms with Crippen molar-refractivity contribution in [2.45, 2.75) is 39.8 Å². The molecule has 1 N–H and O–H groups in total. The Morgan fingerprint density at radius 1 is 1.19 bits per heavy atom. The third-order valence-corrected chi connectivity index (χ3v) is 4.46. The smallest absolute Gasteiger partial charge is 0.275 e. The van der Waals surface area contributed by atoms with E-state index in [1.165, 1.54) is 12.1 Å². The molecule has 0 aliphatic carbocycles. The standard InChI is InChI=1S/C20H21ClFN3O2/c1-12-5-8-17-14(9-12)19(27)25(20(2,3)4)24(17)11-18(26)23-16-7-6-13(21)10-15(16)22/h5-10H,11H2,1-4H3,(H,23,26). The van der Waals surface area contributed by atoms with Crippen molar-refractivity contribution in [1.82, 2.24) is 9.36 Å². The molecule has 0 saturated heterocycles. The number of aryl methyl sites for hydroxylation is 1. The van der Waals surface area contributed by atoms with Crippen LogP contribution in [-0.4, -0.2) is 15.3 Å². The quantitative estimate of drug-likeness (QED) is 0.726. The Morgan fingerprint density at radius 3 is 2.52 bits per heavy atom. The lowest BCUT2D eigenvalue weighted by Crippen LogP contribution is -2.38. The molecular weight excluding hydrogens is 369 g/mol. The molecule has 0 unspecified atom stereocenters. The average Bonchev–Trinajstić information content (AvgIpc) is 2.82. The summed E-state index contributed by atoms with van der Waals surface area (Å²) in [5, 5.41) is 3.34. The van der Waals surface area contributed by atoms with Gasteiger partial charge < -0.3 is 5.32 Å². The molecule has 1 amide bonds. The lowest BCUT2D eigenvalue weighted by atomic mass is 10.1. The number of anilines is 1. The van der Waals surface area contributed by atoms with Crippen LogP contribution < -0.4 is 10.9 Å². The largest absolute Gasteiger partial charge is 0.322 e. The summed E-state index contributed by atoms with van der Waals surface area (Å²) in [4.78, 5) is 25.5. The monoisotopic (exact) mass is 389 g/mol. The molecule has 142 valence electrons. The van der Waals surface area contributed by atoms with Crippen LogP contribution in [0, 0.1) is 12.7 Å². The predicted molar refractivity (Wildman–Crippen MR) is 106 cm³/mol. The molecule has 0 aliphatic heterocycles. The number of halogens is 2. The van der Waals surface area contributed by atoms with Crippen LogP contribution in [-0.2, 0) is 16.9 Å². The fraction of sp³-hybridized carbons (Fsp3) is 0.300. The van der Waals surface area contributed by atoms with Crippen molar-refractivity contribution in [2.24, 2.45) is 0 Å². The van der Waals surface area contributed by atoms with Crippen molar-refractivity contribution in [3.05, 3.63) is 63.2 Å². The second kappa shape index (κ2) is 6.85. The van der Waals surface area contributed by atoms with Crippen molar-refractivity contribution >= 4 is 34.1 Å². The summed E-state index contributed by atoms with van der Waals surface area (Å²) in [5.41, 5.74) is 0.973. The topological polar surface area (TPSA) is 56.0 Å². The van der Waals surface area contributed by atoms with Crippen molar-refractivity contribution in [2.75, 3.05) is 5.32 Å². The van der Waals surface area contributed by atoms with E-state index in [-0.39, 0.29) is 22.8 Å². The first kappa shape index (κ1) is 19.2. The maximum atomic E-state index is 14.0. The van der Waals surface area contributed by atoms with E-state index in [0.717, 1.165) is 11.6 Å². The van der Waals surface area contributed by atoms with Crippen molar-refractivity contribution in [3.63, 3.8) is 0 Å². The van der Waals surface area contributed by atoms with E-state index < -0.39 is 17.3 Å². The number of hydrogen-bond donors (Lipinski definition) is 1. The number of rotatable bonds is 3. The molecule has 3 aromatic rings. The minimum Gasteiger partial charge on any atom is -0.322 e. The zero-order chi connectivity index (χ0) is 19.9. The number of nitrogens with zero attached hydrogens (tertiary/aromatic N) is 2. The molecule has 0 atom stereocenters.